The van der Waals surface area contributed by atoms with E-state index in [0.717, 1.165) is 0 Å². The van der Waals surface area contributed by atoms with Gasteiger partial charge in [-0.05, 0) is 13.5 Å². The molecule has 0 bridgehead atoms. The van der Waals surface area contributed by atoms with Crippen molar-refractivity contribution >= 4 is 0 Å². The third kappa shape index (κ3) is 4.68. The minimum Gasteiger partial charge on any atom is -0.395 e. The van der Waals surface area contributed by atoms with Crippen LogP contribution >= 0.6 is 0 Å². The van der Waals surface area contributed by atoms with Crippen LogP contribution in [0.5, 0.6) is 0 Å². The Morgan fingerprint density at radius 3 is 2.22 bits per heavy atom. The molecule has 13 N–H and O–H groups in total. The van der Waals surface area contributed by atoms with Gasteiger partial charge in [-0.2, -0.15) is 0 Å². The summed E-state index contributed by atoms with van der Waals surface area (Å²) in [6.45, 7) is -1.33. The standard InChI is InChI=1S/C20H37N3O13/c1-23-7-2-5(21)9(26)15(10(7)27)33-19-17-16(11(28)8(4-25)32-19)35-20(36-17)18(31)13(30)12(29)14(34-20)6(22)3-24/h5-19,23-31H,2-4,21-22H2,1H3/t5-,6-,7+,8-,9+,10-,11+,12-,13+,14?,15-,16+,17+,18-,19+,20-/m1/s1. The van der Waals surface area contributed by atoms with Crippen LogP contribution in [0.25, 0.3) is 0 Å². The van der Waals surface area contributed by atoms with Crippen molar-refractivity contribution in [2.24, 2.45) is 11.5 Å². The molecule has 3 aliphatic heterocycles. The molecule has 36 heavy (non-hydrogen) atoms. The Morgan fingerprint density at radius 2 is 1.61 bits per heavy atom. The smallest absolute Gasteiger partial charge is 0.314 e. The van der Waals surface area contributed by atoms with Gasteiger partial charge in [0.05, 0.1) is 31.5 Å². The number of hydrogen-bond acceptors (Lipinski definition) is 16. The average Bonchev–Trinajstić information content (AvgIpc) is 3.27. The summed E-state index contributed by atoms with van der Waals surface area (Å²) in [7, 11) is 1.60. The minimum absolute atomic E-state index is 0.254. The van der Waals surface area contributed by atoms with E-state index in [2.05, 4.69) is 5.32 Å². The van der Waals surface area contributed by atoms with Crippen molar-refractivity contribution in [2.75, 3.05) is 20.3 Å². The van der Waals surface area contributed by atoms with Crippen molar-refractivity contribution in [3.05, 3.63) is 0 Å². The second-order valence-electron chi connectivity index (χ2n) is 9.72. The summed E-state index contributed by atoms with van der Waals surface area (Å²) in [5.74, 6) is -2.48. The predicted octanol–water partition coefficient (Wildman–Crippen LogP) is -7.27. The molecule has 0 aromatic rings. The zero-order valence-electron chi connectivity index (χ0n) is 19.6. The molecule has 4 rings (SSSR count). The van der Waals surface area contributed by atoms with Gasteiger partial charge in [0, 0.05) is 12.1 Å². The topological polar surface area (TPSA) is 272 Å². The van der Waals surface area contributed by atoms with Crippen molar-refractivity contribution in [1.82, 2.24) is 5.32 Å². The monoisotopic (exact) mass is 527 g/mol. The van der Waals surface area contributed by atoms with Gasteiger partial charge in [0.2, 0.25) is 0 Å². The number of aliphatic hydroxyl groups excluding tert-OH is 8. The van der Waals surface area contributed by atoms with Crippen LogP contribution in [0, 0.1) is 0 Å². The zero-order valence-corrected chi connectivity index (χ0v) is 19.6. The number of likely N-dealkylation sites (N-methyl/N-ethyl adjacent to an activating group) is 1. The second kappa shape index (κ2) is 10.9. The van der Waals surface area contributed by atoms with Crippen LogP contribution in [0.1, 0.15) is 6.42 Å². The SMILES string of the molecule is CN[C@H]1C[C@@H](N)[C@H](O)[C@@H](O[C@@H]2O[C@H](CO)[C@H](O)[C@@H]3O[C@@]4(OC([C@H](N)CO)[C@H](O)[C@H](O)[C@H]4O)O[C@H]23)[C@@H]1O. The highest BCUT2D eigenvalue weighted by atomic mass is 16.9. The van der Waals surface area contributed by atoms with E-state index in [1.165, 1.54) is 0 Å². The van der Waals surface area contributed by atoms with Crippen LogP contribution in [0.2, 0.25) is 0 Å². The summed E-state index contributed by atoms with van der Waals surface area (Å²) < 4.78 is 28.7. The Labute approximate surface area is 206 Å². The van der Waals surface area contributed by atoms with Crippen molar-refractivity contribution in [3.8, 4) is 0 Å². The minimum atomic E-state index is -2.48. The number of ether oxygens (including phenoxy) is 5. The maximum atomic E-state index is 10.7. The molecule has 210 valence electrons. The molecule has 0 aromatic carbocycles. The third-order valence-corrected chi connectivity index (χ3v) is 7.42. The Balaban J connectivity index is 1.62. The highest BCUT2D eigenvalue weighted by Gasteiger charge is 2.67. The highest BCUT2D eigenvalue weighted by molar-refractivity contribution is 5.05. The summed E-state index contributed by atoms with van der Waals surface area (Å²) >= 11 is 0. The van der Waals surface area contributed by atoms with E-state index >= 15 is 0 Å². The van der Waals surface area contributed by atoms with Crippen molar-refractivity contribution in [1.29, 1.82) is 0 Å². The number of rotatable bonds is 6. The first-order valence-electron chi connectivity index (χ1n) is 11.8. The zero-order chi connectivity index (χ0) is 26.5. The summed E-state index contributed by atoms with van der Waals surface area (Å²) in [5.41, 5.74) is 11.8. The predicted molar refractivity (Wildman–Crippen MR) is 115 cm³/mol. The number of nitrogens with two attached hydrogens (primary N) is 2. The van der Waals surface area contributed by atoms with E-state index in [-0.39, 0.29) is 6.42 Å². The molecule has 4 fully saturated rings. The lowest BCUT2D eigenvalue weighted by Crippen LogP contribution is -2.69. The van der Waals surface area contributed by atoms with Crippen LogP contribution in [0.3, 0.4) is 0 Å². The van der Waals surface area contributed by atoms with E-state index < -0.39 is 111 Å². The number of hydrogen-bond donors (Lipinski definition) is 11. The second-order valence-corrected chi connectivity index (χ2v) is 9.72. The third-order valence-electron chi connectivity index (χ3n) is 7.42. The summed E-state index contributed by atoms with van der Waals surface area (Å²) in [5, 5.41) is 85.6. The summed E-state index contributed by atoms with van der Waals surface area (Å²) in [4.78, 5) is 0. The van der Waals surface area contributed by atoms with Crippen molar-refractivity contribution in [3.63, 3.8) is 0 Å². The fourth-order valence-corrected chi connectivity index (χ4v) is 5.23. The van der Waals surface area contributed by atoms with E-state index in [0.29, 0.717) is 0 Å². The van der Waals surface area contributed by atoms with E-state index in [1.54, 1.807) is 7.05 Å². The van der Waals surface area contributed by atoms with Crippen LogP contribution in [0.4, 0.5) is 0 Å². The summed E-state index contributed by atoms with van der Waals surface area (Å²) in [6, 6.07) is -2.50. The fourth-order valence-electron chi connectivity index (χ4n) is 5.23. The van der Waals surface area contributed by atoms with Crippen LogP contribution in [0.15, 0.2) is 0 Å². The molecular formula is C20H37N3O13. The molecule has 4 aliphatic rings. The number of fused-ring (bicyclic) bond motifs is 1. The summed E-state index contributed by atoms with van der Waals surface area (Å²) in [6.07, 6.45) is -17.7. The normalized spacial score (nSPS) is 54.4. The Bertz CT molecular complexity index is 756. The molecule has 16 heteroatoms. The van der Waals surface area contributed by atoms with Gasteiger partial charge in [-0.1, -0.05) is 0 Å². The van der Waals surface area contributed by atoms with Gasteiger partial charge in [0.25, 0.3) is 0 Å². The van der Waals surface area contributed by atoms with Gasteiger partial charge in [-0.3, -0.25) is 0 Å². The molecule has 16 nitrogen and oxygen atoms in total. The lowest BCUT2D eigenvalue weighted by molar-refractivity contribution is -0.439. The van der Waals surface area contributed by atoms with E-state index in [9.17, 15) is 40.9 Å². The van der Waals surface area contributed by atoms with E-state index in [1.807, 2.05) is 0 Å². The van der Waals surface area contributed by atoms with Gasteiger partial charge < -0.3 is 81.3 Å². The molecule has 0 amide bonds. The maximum absolute atomic E-state index is 10.7. The van der Waals surface area contributed by atoms with Crippen LogP contribution in [-0.4, -0.2) is 159 Å². The molecule has 1 saturated carbocycles. The molecule has 1 unspecified atom stereocenters. The molecule has 3 saturated heterocycles. The first-order chi connectivity index (χ1) is 17.0. The molecule has 1 aliphatic carbocycles. The molecule has 0 radical (unpaired) electrons. The van der Waals surface area contributed by atoms with Gasteiger partial charge in [-0.15, -0.1) is 0 Å². The van der Waals surface area contributed by atoms with Crippen molar-refractivity contribution < 1.29 is 64.5 Å². The first kappa shape index (κ1) is 28.4. The quantitative estimate of drug-likeness (QED) is 0.153. The Kier molecular flexibility index (Phi) is 8.55. The fraction of sp³-hybridized carbons (Fsp3) is 1.00. The van der Waals surface area contributed by atoms with E-state index in [4.69, 9.17) is 35.2 Å². The highest BCUT2D eigenvalue weighted by Crippen LogP contribution is 2.45. The molecular weight excluding hydrogens is 490 g/mol. The molecule has 1 spiro atoms. The van der Waals surface area contributed by atoms with Crippen LogP contribution < -0.4 is 16.8 Å². The number of nitrogens with one attached hydrogen (secondary N) is 1. The van der Waals surface area contributed by atoms with Gasteiger partial charge in [-0.25, -0.2) is 0 Å². The molecule has 16 atom stereocenters. The molecule has 3 heterocycles. The van der Waals surface area contributed by atoms with Gasteiger partial charge in [0.15, 0.2) is 12.4 Å². The van der Waals surface area contributed by atoms with Crippen LogP contribution in [-0.2, 0) is 23.7 Å². The largest absolute Gasteiger partial charge is 0.395 e. The maximum Gasteiger partial charge on any atom is 0.314 e. The van der Waals surface area contributed by atoms with Gasteiger partial charge in [0.1, 0.15) is 48.8 Å². The Hall–Kier alpha value is -0.640. The van der Waals surface area contributed by atoms with Gasteiger partial charge >= 0.3 is 5.97 Å². The number of aliphatic hydroxyl groups is 8. The first-order valence-corrected chi connectivity index (χ1v) is 11.8. The van der Waals surface area contributed by atoms with Crippen molar-refractivity contribution in [2.45, 2.75) is 104 Å². The molecule has 0 aromatic heterocycles. The average molecular weight is 528 g/mol. The Morgan fingerprint density at radius 1 is 0.944 bits per heavy atom. The lowest BCUT2D eigenvalue weighted by Gasteiger charge is -2.46. The lowest BCUT2D eigenvalue weighted by atomic mass is 9.84.